The molecule has 1 aromatic carbocycles. The Kier molecular flexibility index (Phi) is 1.94. The standard InChI is InChI=1S/C13H18/c1-10-4-5-12-9-13(2,3)7-6-11(12)8-10/h4-5,8H,6-7,9H2,1-3H3. The van der Waals surface area contributed by atoms with E-state index >= 15 is 0 Å². The van der Waals surface area contributed by atoms with Gasteiger partial charge in [-0.15, -0.1) is 0 Å². The largest absolute Gasteiger partial charge is 0.0596 e. The van der Waals surface area contributed by atoms with Crippen molar-refractivity contribution in [2.24, 2.45) is 5.41 Å². The summed E-state index contributed by atoms with van der Waals surface area (Å²) in [4.78, 5) is 0. The van der Waals surface area contributed by atoms with Crippen LogP contribution in [0.25, 0.3) is 0 Å². The van der Waals surface area contributed by atoms with E-state index in [1.165, 1.54) is 24.8 Å². The summed E-state index contributed by atoms with van der Waals surface area (Å²) in [7, 11) is 0. The molecule has 0 aromatic heterocycles. The van der Waals surface area contributed by atoms with Gasteiger partial charge < -0.3 is 0 Å². The number of benzene rings is 1. The molecule has 0 N–H and O–H groups in total. The van der Waals surface area contributed by atoms with E-state index in [1.807, 2.05) is 0 Å². The quantitative estimate of drug-likeness (QED) is 0.564. The van der Waals surface area contributed by atoms with Crippen molar-refractivity contribution in [1.29, 1.82) is 0 Å². The minimum absolute atomic E-state index is 0.516. The second-order valence-corrected chi connectivity index (χ2v) is 5.11. The molecule has 0 unspecified atom stereocenters. The Hall–Kier alpha value is -0.780. The molecular weight excluding hydrogens is 156 g/mol. The SMILES string of the molecule is Cc1ccc2c(c1)CCC(C)(C)C2. The first-order valence-corrected chi connectivity index (χ1v) is 5.15. The van der Waals surface area contributed by atoms with Gasteiger partial charge in [-0.2, -0.15) is 0 Å². The zero-order chi connectivity index (χ0) is 9.47. The van der Waals surface area contributed by atoms with E-state index in [0.29, 0.717) is 5.41 Å². The second-order valence-electron chi connectivity index (χ2n) is 5.11. The molecule has 0 heterocycles. The van der Waals surface area contributed by atoms with Crippen LogP contribution in [0.3, 0.4) is 0 Å². The fourth-order valence-corrected chi connectivity index (χ4v) is 2.24. The third-order valence-corrected chi connectivity index (χ3v) is 3.10. The number of aryl methyl sites for hydroxylation is 2. The van der Waals surface area contributed by atoms with Crippen molar-refractivity contribution in [1.82, 2.24) is 0 Å². The second kappa shape index (κ2) is 2.87. The molecule has 0 bridgehead atoms. The summed E-state index contributed by atoms with van der Waals surface area (Å²) in [5.41, 5.74) is 5.07. The molecule has 0 atom stereocenters. The lowest BCUT2D eigenvalue weighted by Gasteiger charge is -2.31. The van der Waals surface area contributed by atoms with Crippen molar-refractivity contribution >= 4 is 0 Å². The first-order chi connectivity index (χ1) is 6.07. The lowest BCUT2D eigenvalue weighted by molar-refractivity contribution is 0.315. The predicted molar refractivity (Wildman–Crippen MR) is 57.0 cm³/mol. The maximum absolute atomic E-state index is 2.37. The molecular formula is C13H18. The average molecular weight is 174 g/mol. The van der Waals surface area contributed by atoms with Gasteiger partial charge >= 0.3 is 0 Å². The van der Waals surface area contributed by atoms with Crippen LogP contribution in [0.2, 0.25) is 0 Å². The Morgan fingerprint density at radius 3 is 2.69 bits per heavy atom. The summed E-state index contributed by atoms with van der Waals surface area (Å²) >= 11 is 0. The minimum atomic E-state index is 0.516. The van der Waals surface area contributed by atoms with Gasteiger partial charge in [0.2, 0.25) is 0 Å². The predicted octanol–water partition coefficient (Wildman–Crippen LogP) is 3.51. The molecule has 0 spiro atoms. The van der Waals surface area contributed by atoms with E-state index in [4.69, 9.17) is 0 Å². The highest BCUT2D eigenvalue weighted by Crippen LogP contribution is 2.34. The molecule has 0 saturated heterocycles. The van der Waals surface area contributed by atoms with E-state index in [1.54, 1.807) is 11.1 Å². The summed E-state index contributed by atoms with van der Waals surface area (Å²) in [6, 6.07) is 6.90. The highest BCUT2D eigenvalue weighted by molar-refractivity contribution is 5.34. The highest BCUT2D eigenvalue weighted by Gasteiger charge is 2.24. The van der Waals surface area contributed by atoms with Gasteiger partial charge in [-0.25, -0.2) is 0 Å². The molecule has 2 rings (SSSR count). The normalized spacial score (nSPS) is 19.6. The Balaban J connectivity index is 2.37. The molecule has 0 fully saturated rings. The zero-order valence-electron chi connectivity index (χ0n) is 8.85. The summed E-state index contributed by atoms with van der Waals surface area (Å²) in [6.07, 6.45) is 3.86. The van der Waals surface area contributed by atoms with Crippen LogP contribution in [0.1, 0.15) is 37.0 Å². The third-order valence-electron chi connectivity index (χ3n) is 3.10. The molecule has 0 aliphatic heterocycles. The van der Waals surface area contributed by atoms with Gasteiger partial charge in [0.25, 0.3) is 0 Å². The Bertz CT molecular complexity index is 321. The van der Waals surface area contributed by atoms with Crippen LogP contribution >= 0.6 is 0 Å². The number of rotatable bonds is 0. The summed E-state index contributed by atoms with van der Waals surface area (Å²) in [6.45, 7) is 6.92. The minimum Gasteiger partial charge on any atom is -0.0596 e. The highest BCUT2D eigenvalue weighted by atomic mass is 14.3. The van der Waals surface area contributed by atoms with Crippen molar-refractivity contribution in [2.75, 3.05) is 0 Å². The van der Waals surface area contributed by atoms with Crippen LogP contribution in [0, 0.1) is 12.3 Å². The van der Waals surface area contributed by atoms with E-state index in [9.17, 15) is 0 Å². The van der Waals surface area contributed by atoms with E-state index < -0.39 is 0 Å². The molecule has 13 heavy (non-hydrogen) atoms. The van der Waals surface area contributed by atoms with Gasteiger partial charge in [-0.05, 0) is 42.7 Å². The van der Waals surface area contributed by atoms with Gasteiger partial charge in [0.15, 0.2) is 0 Å². The molecule has 70 valence electrons. The smallest absolute Gasteiger partial charge is 0.0224 e. The van der Waals surface area contributed by atoms with Crippen LogP contribution in [0.15, 0.2) is 18.2 Å². The summed E-state index contributed by atoms with van der Waals surface area (Å²) in [5.74, 6) is 0. The summed E-state index contributed by atoms with van der Waals surface area (Å²) in [5, 5.41) is 0. The van der Waals surface area contributed by atoms with Gasteiger partial charge in [0.05, 0.1) is 0 Å². The van der Waals surface area contributed by atoms with Gasteiger partial charge in [0.1, 0.15) is 0 Å². The van der Waals surface area contributed by atoms with Crippen LogP contribution in [-0.4, -0.2) is 0 Å². The van der Waals surface area contributed by atoms with Crippen molar-refractivity contribution in [3.63, 3.8) is 0 Å². The molecule has 0 heteroatoms. The monoisotopic (exact) mass is 174 g/mol. The number of fused-ring (bicyclic) bond motifs is 1. The third kappa shape index (κ3) is 1.77. The molecule has 0 nitrogen and oxygen atoms in total. The first kappa shape index (κ1) is 8.80. The lowest BCUT2D eigenvalue weighted by Crippen LogP contribution is -2.22. The molecule has 1 aliphatic carbocycles. The Morgan fingerprint density at radius 1 is 1.15 bits per heavy atom. The summed E-state index contributed by atoms with van der Waals surface area (Å²) < 4.78 is 0. The lowest BCUT2D eigenvalue weighted by atomic mass is 9.74. The number of hydrogen-bond donors (Lipinski definition) is 0. The van der Waals surface area contributed by atoms with Crippen molar-refractivity contribution in [3.05, 3.63) is 34.9 Å². The van der Waals surface area contributed by atoms with Gasteiger partial charge in [0, 0.05) is 0 Å². The van der Waals surface area contributed by atoms with Gasteiger partial charge in [-0.3, -0.25) is 0 Å². The molecule has 0 amide bonds. The molecule has 0 saturated carbocycles. The molecule has 1 aromatic rings. The molecule has 0 radical (unpaired) electrons. The maximum atomic E-state index is 2.37. The maximum Gasteiger partial charge on any atom is -0.0224 e. The van der Waals surface area contributed by atoms with E-state index in [-0.39, 0.29) is 0 Å². The topological polar surface area (TPSA) is 0 Å². The van der Waals surface area contributed by atoms with Crippen LogP contribution in [0.5, 0.6) is 0 Å². The van der Waals surface area contributed by atoms with Crippen molar-refractivity contribution in [2.45, 2.75) is 40.0 Å². The average Bonchev–Trinajstić information content (AvgIpc) is 2.05. The molecule has 1 aliphatic rings. The fourth-order valence-electron chi connectivity index (χ4n) is 2.24. The number of hydrogen-bond acceptors (Lipinski definition) is 0. The van der Waals surface area contributed by atoms with E-state index in [2.05, 4.69) is 39.0 Å². The Morgan fingerprint density at radius 2 is 1.92 bits per heavy atom. The van der Waals surface area contributed by atoms with Crippen LogP contribution in [0.4, 0.5) is 0 Å². The van der Waals surface area contributed by atoms with Crippen molar-refractivity contribution in [3.8, 4) is 0 Å². The van der Waals surface area contributed by atoms with E-state index in [0.717, 1.165) is 0 Å². The zero-order valence-corrected chi connectivity index (χ0v) is 8.85. The van der Waals surface area contributed by atoms with Crippen LogP contribution < -0.4 is 0 Å². The first-order valence-electron chi connectivity index (χ1n) is 5.15. The fraction of sp³-hybridized carbons (Fsp3) is 0.538. The Labute approximate surface area is 81.0 Å². The van der Waals surface area contributed by atoms with Crippen molar-refractivity contribution < 1.29 is 0 Å². The van der Waals surface area contributed by atoms with Gasteiger partial charge in [-0.1, -0.05) is 37.6 Å². The van der Waals surface area contributed by atoms with Crippen LogP contribution in [-0.2, 0) is 12.8 Å².